The SMILES string of the molecule is Cc1cc(C)nc(Sc2ccc(C=O)cc2)c1. The van der Waals surface area contributed by atoms with Crippen molar-refractivity contribution in [2.45, 2.75) is 23.8 Å². The zero-order valence-corrected chi connectivity index (χ0v) is 10.6. The van der Waals surface area contributed by atoms with Crippen molar-refractivity contribution in [1.82, 2.24) is 4.98 Å². The molecule has 0 aliphatic heterocycles. The second-order valence-corrected chi connectivity index (χ2v) is 5.01. The molecular weight excluding hydrogens is 230 g/mol. The normalized spacial score (nSPS) is 10.2. The Hall–Kier alpha value is -1.61. The van der Waals surface area contributed by atoms with Gasteiger partial charge in [-0.25, -0.2) is 4.98 Å². The van der Waals surface area contributed by atoms with Crippen molar-refractivity contribution in [1.29, 1.82) is 0 Å². The number of rotatable bonds is 3. The second-order valence-electron chi connectivity index (χ2n) is 3.91. The van der Waals surface area contributed by atoms with E-state index in [1.807, 2.05) is 31.2 Å². The molecule has 1 heterocycles. The smallest absolute Gasteiger partial charge is 0.150 e. The summed E-state index contributed by atoms with van der Waals surface area (Å²) in [6.07, 6.45) is 0.851. The van der Waals surface area contributed by atoms with E-state index in [1.54, 1.807) is 11.8 Å². The van der Waals surface area contributed by atoms with Crippen LogP contribution in [0, 0.1) is 13.8 Å². The first-order chi connectivity index (χ1) is 8.17. The quantitative estimate of drug-likeness (QED) is 0.770. The number of hydrogen-bond acceptors (Lipinski definition) is 3. The number of carbonyl (C=O) groups is 1. The molecular formula is C14H13NOS. The summed E-state index contributed by atoms with van der Waals surface area (Å²) in [5.74, 6) is 0. The van der Waals surface area contributed by atoms with Crippen molar-refractivity contribution in [3.63, 3.8) is 0 Å². The summed E-state index contributed by atoms with van der Waals surface area (Å²) in [7, 11) is 0. The molecule has 86 valence electrons. The van der Waals surface area contributed by atoms with Crippen molar-refractivity contribution in [2.24, 2.45) is 0 Å². The largest absolute Gasteiger partial charge is 0.298 e. The van der Waals surface area contributed by atoms with E-state index in [9.17, 15) is 4.79 Å². The van der Waals surface area contributed by atoms with Gasteiger partial charge in [0, 0.05) is 16.2 Å². The second kappa shape index (κ2) is 5.15. The molecule has 0 radical (unpaired) electrons. The Morgan fingerprint density at radius 1 is 1.12 bits per heavy atom. The third-order valence-electron chi connectivity index (χ3n) is 2.31. The van der Waals surface area contributed by atoms with Crippen molar-refractivity contribution in [3.8, 4) is 0 Å². The molecule has 0 N–H and O–H groups in total. The highest BCUT2D eigenvalue weighted by atomic mass is 32.2. The molecule has 0 saturated heterocycles. The predicted molar refractivity (Wildman–Crippen MR) is 69.7 cm³/mol. The van der Waals surface area contributed by atoms with Crippen molar-refractivity contribution in [2.75, 3.05) is 0 Å². The fourth-order valence-corrected chi connectivity index (χ4v) is 2.54. The molecule has 0 spiro atoms. The highest BCUT2D eigenvalue weighted by Crippen LogP contribution is 2.26. The standard InChI is InChI=1S/C14H13NOS/c1-10-7-11(2)15-14(8-10)17-13-5-3-12(9-16)4-6-13/h3-9H,1-2H3. The molecule has 2 rings (SSSR count). The maximum atomic E-state index is 10.5. The molecule has 0 bridgehead atoms. The van der Waals surface area contributed by atoms with Gasteiger partial charge in [0.1, 0.15) is 11.3 Å². The van der Waals surface area contributed by atoms with Crippen molar-refractivity contribution >= 4 is 18.0 Å². The van der Waals surface area contributed by atoms with E-state index in [4.69, 9.17) is 0 Å². The summed E-state index contributed by atoms with van der Waals surface area (Å²) < 4.78 is 0. The van der Waals surface area contributed by atoms with Gasteiger partial charge in [0.15, 0.2) is 0 Å². The molecule has 0 atom stereocenters. The fourth-order valence-electron chi connectivity index (χ4n) is 1.59. The molecule has 0 amide bonds. The average molecular weight is 243 g/mol. The summed E-state index contributed by atoms with van der Waals surface area (Å²) in [5, 5.41) is 0.987. The van der Waals surface area contributed by atoms with Gasteiger partial charge in [0.25, 0.3) is 0 Å². The Morgan fingerprint density at radius 3 is 2.41 bits per heavy atom. The lowest BCUT2D eigenvalue weighted by Crippen LogP contribution is -1.87. The number of nitrogens with zero attached hydrogens (tertiary/aromatic N) is 1. The van der Waals surface area contributed by atoms with Gasteiger partial charge in [0.2, 0.25) is 0 Å². The number of aryl methyl sites for hydroxylation is 2. The van der Waals surface area contributed by atoms with Crippen molar-refractivity contribution < 1.29 is 4.79 Å². The van der Waals surface area contributed by atoms with Crippen LogP contribution >= 0.6 is 11.8 Å². The summed E-state index contributed by atoms with van der Waals surface area (Å²) in [5.41, 5.74) is 2.93. The van der Waals surface area contributed by atoms with E-state index in [0.29, 0.717) is 5.56 Å². The number of aldehydes is 1. The molecule has 0 aliphatic carbocycles. The van der Waals surface area contributed by atoms with Gasteiger partial charge in [0.05, 0.1) is 0 Å². The lowest BCUT2D eigenvalue weighted by molar-refractivity contribution is 0.112. The first-order valence-corrected chi connectivity index (χ1v) is 6.17. The van der Waals surface area contributed by atoms with Gasteiger partial charge in [-0.05, 0) is 43.7 Å². The van der Waals surface area contributed by atoms with Gasteiger partial charge < -0.3 is 0 Å². The fraction of sp³-hybridized carbons (Fsp3) is 0.143. The molecule has 1 aromatic carbocycles. The van der Waals surface area contributed by atoms with Crippen LogP contribution in [-0.4, -0.2) is 11.3 Å². The number of benzene rings is 1. The van der Waals surface area contributed by atoms with Gasteiger partial charge in [-0.3, -0.25) is 4.79 Å². The minimum Gasteiger partial charge on any atom is -0.298 e. The van der Waals surface area contributed by atoms with Gasteiger partial charge in [-0.15, -0.1) is 0 Å². The van der Waals surface area contributed by atoms with Crippen LogP contribution in [0.25, 0.3) is 0 Å². The van der Waals surface area contributed by atoms with E-state index in [2.05, 4.69) is 24.0 Å². The molecule has 1 aromatic heterocycles. The Morgan fingerprint density at radius 2 is 1.82 bits per heavy atom. The predicted octanol–water partition coefficient (Wildman–Crippen LogP) is 3.66. The lowest BCUT2D eigenvalue weighted by atomic mass is 10.2. The molecule has 0 saturated carbocycles. The Labute approximate surface area is 105 Å². The molecule has 2 nitrogen and oxygen atoms in total. The number of aromatic nitrogens is 1. The number of pyridine rings is 1. The van der Waals surface area contributed by atoms with E-state index < -0.39 is 0 Å². The van der Waals surface area contributed by atoms with Crippen LogP contribution in [0.4, 0.5) is 0 Å². The van der Waals surface area contributed by atoms with E-state index in [0.717, 1.165) is 21.9 Å². The first kappa shape index (κ1) is 11.9. The molecule has 3 heteroatoms. The summed E-state index contributed by atoms with van der Waals surface area (Å²) in [6.45, 7) is 4.06. The highest BCUT2D eigenvalue weighted by Gasteiger charge is 2.01. The summed E-state index contributed by atoms with van der Waals surface area (Å²) in [4.78, 5) is 16.1. The molecule has 0 aliphatic rings. The van der Waals surface area contributed by atoms with E-state index in [-0.39, 0.29) is 0 Å². The third-order valence-corrected chi connectivity index (χ3v) is 3.24. The van der Waals surface area contributed by atoms with Gasteiger partial charge in [-0.2, -0.15) is 0 Å². The highest BCUT2D eigenvalue weighted by molar-refractivity contribution is 7.99. The minimum absolute atomic E-state index is 0.697. The van der Waals surface area contributed by atoms with Crippen LogP contribution in [0.1, 0.15) is 21.6 Å². The van der Waals surface area contributed by atoms with Crippen LogP contribution in [-0.2, 0) is 0 Å². The van der Waals surface area contributed by atoms with Gasteiger partial charge in [-0.1, -0.05) is 23.9 Å². The first-order valence-electron chi connectivity index (χ1n) is 5.36. The average Bonchev–Trinajstić information content (AvgIpc) is 2.28. The van der Waals surface area contributed by atoms with E-state index in [1.165, 1.54) is 5.56 Å². The lowest BCUT2D eigenvalue weighted by Gasteiger charge is -2.04. The molecule has 17 heavy (non-hydrogen) atoms. The monoisotopic (exact) mass is 243 g/mol. The van der Waals surface area contributed by atoms with Crippen LogP contribution in [0.5, 0.6) is 0 Å². The minimum atomic E-state index is 0.697. The Balaban J connectivity index is 2.21. The zero-order chi connectivity index (χ0) is 12.3. The van der Waals surface area contributed by atoms with Crippen LogP contribution in [0.15, 0.2) is 46.3 Å². The van der Waals surface area contributed by atoms with Gasteiger partial charge >= 0.3 is 0 Å². The third kappa shape index (κ3) is 3.17. The molecule has 0 fully saturated rings. The summed E-state index contributed by atoms with van der Waals surface area (Å²) in [6, 6.07) is 11.6. The maximum Gasteiger partial charge on any atom is 0.150 e. The topological polar surface area (TPSA) is 30.0 Å². The molecule has 2 aromatic rings. The Kier molecular flexibility index (Phi) is 3.59. The number of carbonyl (C=O) groups excluding carboxylic acids is 1. The number of hydrogen-bond donors (Lipinski definition) is 0. The van der Waals surface area contributed by atoms with Crippen LogP contribution < -0.4 is 0 Å². The molecule has 0 unspecified atom stereocenters. The van der Waals surface area contributed by atoms with E-state index >= 15 is 0 Å². The maximum absolute atomic E-state index is 10.5. The summed E-state index contributed by atoms with van der Waals surface area (Å²) >= 11 is 1.61. The van der Waals surface area contributed by atoms with Crippen molar-refractivity contribution in [3.05, 3.63) is 53.2 Å². The van der Waals surface area contributed by atoms with Crippen LogP contribution in [0.2, 0.25) is 0 Å². The Bertz CT molecular complexity index is 514. The van der Waals surface area contributed by atoms with Crippen LogP contribution in [0.3, 0.4) is 0 Å². The zero-order valence-electron chi connectivity index (χ0n) is 9.81.